The number of halogens is 3. The van der Waals surface area contributed by atoms with Gasteiger partial charge in [-0.2, -0.15) is 21.6 Å². The van der Waals surface area contributed by atoms with E-state index in [1.54, 1.807) is 24.3 Å². The van der Waals surface area contributed by atoms with Gasteiger partial charge in [0, 0.05) is 6.04 Å². The van der Waals surface area contributed by atoms with E-state index in [0.717, 1.165) is 25.0 Å². The highest BCUT2D eigenvalue weighted by atomic mass is 32.2. The average molecular weight is 368 g/mol. The molecular formula is C17H15F3N2O2S. The molecule has 1 fully saturated rings. The summed E-state index contributed by atoms with van der Waals surface area (Å²) < 4.78 is 66.6. The number of benzene rings is 2. The van der Waals surface area contributed by atoms with Crippen molar-refractivity contribution in [1.29, 1.82) is 0 Å². The van der Waals surface area contributed by atoms with Crippen LogP contribution >= 0.6 is 0 Å². The van der Waals surface area contributed by atoms with Gasteiger partial charge in [0.2, 0.25) is 0 Å². The molecule has 1 heterocycles. The van der Waals surface area contributed by atoms with Crippen LogP contribution in [0.1, 0.15) is 24.0 Å². The van der Waals surface area contributed by atoms with Crippen molar-refractivity contribution in [2.24, 2.45) is 0 Å². The lowest BCUT2D eigenvalue weighted by Crippen LogP contribution is -2.38. The van der Waals surface area contributed by atoms with Gasteiger partial charge in [-0.15, -0.1) is 0 Å². The van der Waals surface area contributed by atoms with Crippen LogP contribution in [0.5, 0.6) is 0 Å². The Kier molecular flexibility index (Phi) is 3.50. The summed E-state index contributed by atoms with van der Waals surface area (Å²) in [5.74, 6) is 0. The Hall–Kier alpha value is -2.22. The molecule has 0 atom stereocenters. The third-order valence-electron chi connectivity index (χ3n) is 4.40. The number of hydrogen-bond donors (Lipinski definition) is 0. The first-order chi connectivity index (χ1) is 11.8. The number of para-hydroxylation sites is 2. The highest BCUT2D eigenvalue weighted by molar-refractivity contribution is 7.94. The zero-order valence-electron chi connectivity index (χ0n) is 13.1. The molecule has 2 aromatic rings. The second-order valence-electron chi connectivity index (χ2n) is 6.22. The standard InChI is InChI=1S/C17H15F3N2O2S/c18-17(19,20)13-7-5-12(6-8-13)11-21-15-3-1-2-4-16(15)22(14-9-10-14)25(21,23)24/h1-8,14H,9-11H2. The van der Waals surface area contributed by atoms with Gasteiger partial charge in [-0.05, 0) is 42.7 Å². The third-order valence-corrected chi connectivity index (χ3v) is 6.28. The van der Waals surface area contributed by atoms with Crippen LogP contribution in [0.3, 0.4) is 0 Å². The van der Waals surface area contributed by atoms with Gasteiger partial charge in [0.05, 0.1) is 23.5 Å². The molecule has 0 spiro atoms. The first-order valence-electron chi connectivity index (χ1n) is 7.86. The number of hydrogen-bond acceptors (Lipinski definition) is 2. The first-order valence-corrected chi connectivity index (χ1v) is 9.25. The number of fused-ring (bicyclic) bond motifs is 1. The summed E-state index contributed by atoms with van der Waals surface area (Å²) in [6, 6.07) is 11.6. The maximum Gasteiger partial charge on any atom is 0.416 e. The number of anilines is 2. The van der Waals surface area contributed by atoms with E-state index in [2.05, 4.69) is 0 Å². The van der Waals surface area contributed by atoms with Crippen molar-refractivity contribution in [1.82, 2.24) is 0 Å². The molecule has 8 heteroatoms. The summed E-state index contributed by atoms with van der Waals surface area (Å²) in [7, 11) is -3.72. The van der Waals surface area contributed by atoms with Crippen molar-refractivity contribution in [3.8, 4) is 0 Å². The summed E-state index contributed by atoms with van der Waals surface area (Å²) >= 11 is 0. The minimum atomic E-state index is -4.41. The van der Waals surface area contributed by atoms with Gasteiger partial charge in [-0.25, -0.2) is 8.61 Å². The van der Waals surface area contributed by atoms with E-state index in [-0.39, 0.29) is 12.6 Å². The van der Waals surface area contributed by atoms with E-state index in [4.69, 9.17) is 0 Å². The van der Waals surface area contributed by atoms with Gasteiger partial charge in [-0.1, -0.05) is 24.3 Å². The molecule has 0 radical (unpaired) electrons. The Morgan fingerprint density at radius 1 is 0.960 bits per heavy atom. The van der Waals surface area contributed by atoms with E-state index < -0.39 is 21.9 Å². The summed E-state index contributed by atoms with van der Waals surface area (Å²) in [6.07, 6.45) is -2.77. The van der Waals surface area contributed by atoms with Crippen LogP contribution in [-0.2, 0) is 22.9 Å². The maximum atomic E-state index is 12.9. The Morgan fingerprint density at radius 3 is 2.12 bits per heavy atom. The molecule has 4 rings (SSSR count). The second-order valence-corrected chi connectivity index (χ2v) is 7.95. The third kappa shape index (κ3) is 2.74. The molecule has 0 unspecified atom stereocenters. The van der Waals surface area contributed by atoms with Crippen LogP contribution in [0.25, 0.3) is 0 Å². The van der Waals surface area contributed by atoms with Gasteiger partial charge >= 0.3 is 16.4 Å². The fraction of sp³-hybridized carbons (Fsp3) is 0.294. The predicted molar refractivity (Wildman–Crippen MR) is 88.5 cm³/mol. The highest BCUT2D eigenvalue weighted by Crippen LogP contribution is 2.47. The molecule has 1 aliphatic heterocycles. The lowest BCUT2D eigenvalue weighted by molar-refractivity contribution is -0.137. The molecule has 0 N–H and O–H groups in total. The fourth-order valence-corrected chi connectivity index (χ4v) is 4.96. The monoisotopic (exact) mass is 368 g/mol. The average Bonchev–Trinajstić information content (AvgIpc) is 3.34. The van der Waals surface area contributed by atoms with Crippen molar-refractivity contribution in [3.63, 3.8) is 0 Å². The van der Waals surface area contributed by atoms with Gasteiger partial charge in [0.25, 0.3) is 0 Å². The van der Waals surface area contributed by atoms with Crippen molar-refractivity contribution in [3.05, 3.63) is 59.7 Å². The Bertz CT molecular complexity index is 906. The molecule has 0 bridgehead atoms. The Balaban J connectivity index is 1.68. The van der Waals surface area contributed by atoms with Crippen molar-refractivity contribution < 1.29 is 21.6 Å². The smallest absolute Gasteiger partial charge is 0.248 e. The normalized spacial score (nSPS) is 19.2. The molecule has 0 aromatic heterocycles. The summed E-state index contributed by atoms with van der Waals surface area (Å²) in [5, 5.41) is 0. The second kappa shape index (κ2) is 5.39. The molecule has 1 saturated carbocycles. The van der Waals surface area contributed by atoms with Crippen molar-refractivity contribution in [2.75, 3.05) is 8.61 Å². The van der Waals surface area contributed by atoms with Crippen LogP contribution in [0, 0.1) is 0 Å². The van der Waals surface area contributed by atoms with Crippen LogP contribution in [0.15, 0.2) is 48.5 Å². The molecule has 132 valence electrons. The summed E-state index contributed by atoms with van der Waals surface area (Å²) in [5.41, 5.74) is 0.954. The molecule has 4 nitrogen and oxygen atoms in total. The largest absolute Gasteiger partial charge is 0.416 e. The van der Waals surface area contributed by atoms with Crippen molar-refractivity contribution in [2.45, 2.75) is 31.6 Å². The van der Waals surface area contributed by atoms with Gasteiger partial charge in [0.15, 0.2) is 0 Å². The van der Waals surface area contributed by atoms with Crippen LogP contribution in [-0.4, -0.2) is 14.5 Å². The number of nitrogens with zero attached hydrogens (tertiary/aromatic N) is 2. The number of rotatable bonds is 3. The SMILES string of the molecule is O=S1(=O)N(Cc2ccc(C(F)(F)F)cc2)c2ccccc2N1C1CC1. The molecule has 0 saturated heterocycles. The van der Waals surface area contributed by atoms with E-state index in [0.29, 0.717) is 16.9 Å². The summed E-state index contributed by atoms with van der Waals surface area (Å²) in [6.45, 7) is 0.000698. The molecule has 1 aliphatic carbocycles. The zero-order valence-corrected chi connectivity index (χ0v) is 13.9. The molecule has 2 aromatic carbocycles. The highest BCUT2D eigenvalue weighted by Gasteiger charge is 2.47. The Morgan fingerprint density at radius 2 is 1.56 bits per heavy atom. The van der Waals surface area contributed by atoms with E-state index in [1.165, 1.54) is 20.7 Å². The van der Waals surface area contributed by atoms with Gasteiger partial charge in [0.1, 0.15) is 0 Å². The predicted octanol–water partition coefficient (Wildman–Crippen LogP) is 3.94. The minimum absolute atomic E-state index is 0.000698. The summed E-state index contributed by atoms with van der Waals surface area (Å²) in [4.78, 5) is 0. The Labute approximate surface area is 143 Å². The zero-order chi connectivity index (χ0) is 17.8. The van der Waals surface area contributed by atoms with E-state index in [9.17, 15) is 21.6 Å². The lowest BCUT2D eigenvalue weighted by Gasteiger charge is -2.21. The maximum absolute atomic E-state index is 12.9. The van der Waals surface area contributed by atoms with E-state index in [1.807, 2.05) is 0 Å². The van der Waals surface area contributed by atoms with Gasteiger partial charge < -0.3 is 0 Å². The molecular weight excluding hydrogens is 353 g/mol. The minimum Gasteiger partial charge on any atom is -0.248 e. The number of alkyl halides is 3. The van der Waals surface area contributed by atoms with Crippen LogP contribution < -0.4 is 8.61 Å². The van der Waals surface area contributed by atoms with E-state index >= 15 is 0 Å². The van der Waals surface area contributed by atoms with Crippen molar-refractivity contribution >= 4 is 21.6 Å². The molecule has 25 heavy (non-hydrogen) atoms. The fourth-order valence-electron chi connectivity index (χ4n) is 3.04. The van der Waals surface area contributed by atoms with Crippen LogP contribution in [0.2, 0.25) is 0 Å². The quantitative estimate of drug-likeness (QED) is 0.823. The molecule has 0 amide bonds. The lowest BCUT2D eigenvalue weighted by atomic mass is 10.1. The van der Waals surface area contributed by atoms with Gasteiger partial charge in [-0.3, -0.25) is 0 Å². The first kappa shape index (κ1) is 16.3. The molecule has 2 aliphatic rings. The topological polar surface area (TPSA) is 40.6 Å². The van der Waals surface area contributed by atoms with Crippen LogP contribution in [0.4, 0.5) is 24.5 Å².